The van der Waals surface area contributed by atoms with Gasteiger partial charge in [0.25, 0.3) is 5.91 Å². The number of rotatable bonds is 7. The largest absolute Gasteiger partial charge is 0.484 e. The summed E-state index contributed by atoms with van der Waals surface area (Å²) in [4.78, 5) is 24.0. The lowest BCUT2D eigenvalue weighted by molar-refractivity contribution is -0.123. The molecule has 0 saturated heterocycles. The molecule has 6 nitrogen and oxygen atoms in total. The van der Waals surface area contributed by atoms with Crippen molar-refractivity contribution in [3.8, 4) is 11.5 Å². The van der Waals surface area contributed by atoms with E-state index in [-0.39, 0.29) is 6.61 Å². The average molecular weight is 488 g/mol. The molecule has 0 bridgehead atoms. The van der Waals surface area contributed by atoms with E-state index in [1.54, 1.807) is 60.7 Å². The highest BCUT2D eigenvalue weighted by Gasteiger charge is 2.08. The third-order valence-corrected chi connectivity index (χ3v) is 4.52. The first-order valence-corrected chi connectivity index (χ1v) is 9.95. The molecule has 0 spiro atoms. The molecule has 1 N–H and O–H groups in total. The van der Waals surface area contributed by atoms with E-state index in [4.69, 9.17) is 21.1 Å². The Kier molecular flexibility index (Phi) is 7.59. The van der Waals surface area contributed by atoms with Crippen molar-refractivity contribution < 1.29 is 19.1 Å². The molecule has 1 amide bonds. The molecule has 0 aliphatic heterocycles. The molecule has 0 heterocycles. The summed E-state index contributed by atoms with van der Waals surface area (Å²) in [5, 5.41) is 4.43. The second kappa shape index (κ2) is 10.6. The van der Waals surface area contributed by atoms with E-state index in [2.05, 4.69) is 26.5 Å². The molecular weight excluding hydrogens is 472 g/mol. The summed E-state index contributed by atoms with van der Waals surface area (Å²) in [6.07, 6.45) is 1.44. The number of amides is 1. The van der Waals surface area contributed by atoms with Gasteiger partial charge >= 0.3 is 5.97 Å². The minimum atomic E-state index is -0.501. The predicted molar refractivity (Wildman–Crippen MR) is 118 cm³/mol. The molecule has 0 aromatic heterocycles. The molecule has 0 radical (unpaired) electrons. The van der Waals surface area contributed by atoms with Crippen LogP contribution in [0.4, 0.5) is 0 Å². The van der Waals surface area contributed by atoms with E-state index in [0.717, 1.165) is 4.47 Å². The predicted octanol–water partition coefficient (Wildman–Crippen LogP) is 4.85. The number of carbonyl (C=O) groups excluding carboxylic acids is 2. The van der Waals surface area contributed by atoms with Gasteiger partial charge in [0, 0.05) is 9.50 Å². The van der Waals surface area contributed by atoms with Gasteiger partial charge in [0.15, 0.2) is 6.61 Å². The number of carbonyl (C=O) groups is 2. The number of nitrogens with zero attached hydrogens (tertiary/aromatic N) is 1. The quantitative estimate of drug-likeness (QED) is 0.224. The third-order valence-electron chi connectivity index (χ3n) is 3.74. The first kappa shape index (κ1) is 21.5. The van der Waals surface area contributed by atoms with Crippen molar-refractivity contribution in [2.24, 2.45) is 5.10 Å². The van der Waals surface area contributed by atoms with Crippen LogP contribution in [0.3, 0.4) is 0 Å². The van der Waals surface area contributed by atoms with Crippen molar-refractivity contribution in [1.29, 1.82) is 0 Å². The number of hydrogen-bond acceptors (Lipinski definition) is 5. The molecule has 30 heavy (non-hydrogen) atoms. The molecule has 3 aromatic carbocycles. The minimum Gasteiger partial charge on any atom is -0.484 e. The van der Waals surface area contributed by atoms with E-state index >= 15 is 0 Å². The van der Waals surface area contributed by atoms with Crippen LogP contribution in [0.5, 0.6) is 11.5 Å². The first-order chi connectivity index (χ1) is 14.5. The van der Waals surface area contributed by atoms with Crippen LogP contribution < -0.4 is 14.9 Å². The number of esters is 1. The van der Waals surface area contributed by atoms with Crippen LogP contribution in [0.25, 0.3) is 0 Å². The van der Waals surface area contributed by atoms with Gasteiger partial charge in [-0.1, -0.05) is 39.7 Å². The SMILES string of the molecule is O=C(COc1ccc(Br)cc1)NN=Cc1cccc(OC(=O)c2ccc(Cl)cc2)c1. The minimum absolute atomic E-state index is 0.169. The Balaban J connectivity index is 1.50. The molecule has 0 saturated carbocycles. The van der Waals surface area contributed by atoms with E-state index in [1.807, 2.05) is 12.1 Å². The lowest BCUT2D eigenvalue weighted by atomic mass is 10.2. The Labute approximate surface area is 186 Å². The van der Waals surface area contributed by atoms with Crippen LogP contribution >= 0.6 is 27.5 Å². The molecule has 0 atom stereocenters. The summed E-state index contributed by atoms with van der Waals surface area (Å²) in [6, 6.07) is 20.3. The first-order valence-electron chi connectivity index (χ1n) is 8.78. The van der Waals surface area contributed by atoms with E-state index < -0.39 is 11.9 Å². The number of hydrazone groups is 1. The molecule has 3 aromatic rings. The average Bonchev–Trinajstić information content (AvgIpc) is 2.74. The normalized spacial score (nSPS) is 10.6. The lowest BCUT2D eigenvalue weighted by Crippen LogP contribution is -2.24. The number of ether oxygens (including phenoxy) is 2. The fourth-order valence-electron chi connectivity index (χ4n) is 2.30. The second-order valence-electron chi connectivity index (χ2n) is 6.00. The van der Waals surface area contributed by atoms with E-state index in [0.29, 0.717) is 27.6 Å². The fourth-order valence-corrected chi connectivity index (χ4v) is 2.69. The van der Waals surface area contributed by atoms with E-state index in [1.165, 1.54) is 6.21 Å². The summed E-state index contributed by atoms with van der Waals surface area (Å²) in [7, 11) is 0. The van der Waals surface area contributed by atoms with Crippen LogP contribution in [-0.4, -0.2) is 24.7 Å². The topological polar surface area (TPSA) is 77.0 Å². The van der Waals surface area contributed by atoms with Gasteiger partial charge in [0.2, 0.25) is 0 Å². The lowest BCUT2D eigenvalue weighted by Gasteiger charge is -2.06. The summed E-state index contributed by atoms with van der Waals surface area (Å²) < 4.78 is 11.6. The summed E-state index contributed by atoms with van der Waals surface area (Å²) in [5.74, 6) is 0.0231. The number of nitrogens with one attached hydrogen (secondary N) is 1. The van der Waals surface area contributed by atoms with Crippen LogP contribution in [0.1, 0.15) is 15.9 Å². The monoisotopic (exact) mass is 486 g/mol. The summed E-state index contributed by atoms with van der Waals surface area (Å²) >= 11 is 9.15. The van der Waals surface area contributed by atoms with Crippen molar-refractivity contribution in [2.45, 2.75) is 0 Å². The van der Waals surface area contributed by atoms with Crippen LogP contribution in [0.15, 0.2) is 82.4 Å². The second-order valence-corrected chi connectivity index (χ2v) is 7.36. The number of hydrogen-bond donors (Lipinski definition) is 1. The smallest absolute Gasteiger partial charge is 0.343 e. The highest BCUT2D eigenvalue weighted by atomic mass is 79.9. The molecule has 8 heteroatoms. The van der Waals surface area contributed by atoms with Crippen LogP contribution in [-0.2, 0) is 4.79 Å². The van der Waals surface area contributed by atoms with Gasteiger partial charge in [0.1, 0.15) is 11.5 Å². The Morgan fingerprint density at radius 2 is 1.73 bits per heavy atom. The Morgan fingerprint density at radius 3 is 2.47 bits per heavy atom. The fraction of sp³-hybridized carbons (Fsp3) is 0.0455. The highest BCUT2D eigenvalue weighted by Crippen LogP contribution is 2.17. The van der Waals surface area contributed by atoms with E-state index in [9.17, 15) is 9.59 Å². The molecule has 0 aliphatic rings. The summed E-state index contributed by atoms with van der Waals surface area (Å²) in [5.41, 5.74) is 3.41. The molecule has 152 valence electrons. The van der Waals surface area contributed by atoms with Crippen LogP contribution in [0, 0.1) is 0 Å². The van der Waals surface area contributed by atoms with Crippen LogP contribution in [0.2, 0.25) is 5.02 Å². The molecule has 3 rings (SSSR count). The van der Waals surface area contributed by atoms with Gasteiger partial charge in [-0.15, -0.1) is 0 Å². The third kappa shape index (κ3) is 6.72. The van der Waals surface area contributed by atoms with Gasteiger partial charge in [-0.05, 0) is 66.2 Å². The molecular formula is C22H16BrClN2O4. The zero-order chi connectivity index (χ0) is 21.3. The van der Waals surface area contributed by atoms with Gasteiger partial charge in [-0.3, -0.25) is 4.79 Å². The Morgan fingerprint density at radius 1 is 1.00 bits per heavy atom. The van der Waals surface area contributed by atoms with Gasteiger partial charge in [0.05, 0.1) is 11.8 Å². The Bertz CT molecular complexity index is 1050. The van der Waals surface area contributed by atoms with Gasteiger partial charge in [-0.2, -0.15) is 5.10 Å². The van der Waals surface area contributed by atoms with Gasteiger partial charge < -0.3 is 9.47 Å². The molecule has 0 fully saturated rings. The molecule has 0 unspecified atom stereocenters. The van der Waals surface area contributed by atoms with Crippen molar-refractivity contribution >= 4 is 45.6 Å². The number of benzene rings is 3. The zero-order valence-corrected chi connectivity index (χ0v) is 17.9. The Hall–Kier alpha value is -3.16. The standard InChI is InChI=1S/C22H16BrClN2O4/c23-17-6-10-19(11-7-17)29-14-21(27)26-25-13-15-2-1-3-20(12-15)30-22(28)16-4-8-18(24)9-5-16/h1-13H,14H2,(H,26,27). The maximum atomic E-state index is 12.2. The maximum Gasteiger partial charge on any atom is 0.343 e. The molecule has 0 aliphatic carbocycles. The zero-order valence-electron chi connectivity index (χ0n) is 15.5. The van der Waals surface area contributed by atoms with Crippen molar-refractivity contribution in [1.82, 2.24) is 5.43 Å². The number of halogens is 2. The summed E-state index contributed by atoms with van der Waals surface area (Å²) in [6.45, 7) is -0.169. The van der Waals surface area contributed by atoms with Crippen molar-refractivity contribution in [3.63, 3.8) is 0 Å². The van der Waals surface area contributed by atoms with Crippen molar-refractivity contribution in [2.75, 3.05) is 6.61 Å². The van der Waals surface area contributed by atoms with Crippen molar-refractivity contribution in [3.05, 3.63) is 93.4 Å². The maximum absolute atomic E-state index is 12.2. The van der Waals surface area contributed by atoms with Gasteiger partial charge in [-0.25, -0.2) is 10.2 Å². The highest BCUT2D eigenvalue weighted by molar-refractivity contribution is 9.10.